The molecule has 0 amide bonds. The Morgan fingerprint density at radius 1 is 0.630 bits per heavy atom. The largest absolute Gasteiger partial charge is 0.361 e. The van der Waals surface area contributed by atoms with E-state index in [1.807, 2.05) is 0 Å². The van der Waals surface area contributed by atoms with E-state index in [4.69, 9.17) is 0 Å². The molecule has 0 aliphatic heterocycles. The van der Waals surface area contributed by atoms with E-state index < -0.39 is 0 Å². The number of allylic oxidation sites excluding steroid dienone is 10. The molecule has 3 aromatic carbocycles. The molecule has 5 aliphatic carbocycles. The predicted octanol–water partition coefficient (Wildman–Crippen LogP) is 11.0. The van der Waals surface area contributed by atoms with Gasteiger partial charge in [-0.3, -0.25) is 0 Å². The Balaban J connectivity index is 1.09. The van der Waals surface area contributed by atoms with Gasteiger partial charge in [0.15, 0.2) is 0 Å². The number of nitrogens with zero attached hydrogens (tertiary/aromatic N) is 2. The van der Waals surface area contributed by atoms with E-state index in [0.29, 0.717) is 12.1 Å². The molecule has 0 spiro atoms. The van der Waals surface area contributed by atoms with Crippen molar-refractivity contribution in [2.75, 3.05) is 4.90 Å². The first-order valence-electron chi connectivity index (χ1n) is 17.1. The van der Waals surface area contributed by atoms with Crippen molar-refractivity contribution in [3.63, 3.8) is 0 Å². The first-order valence-corrected chi connectivity index (χ1v) is 17.1. The fraction of sp³-hybridized carbons (Fsp3) is 0.227. The quantitative estimate of drug-likeness (QED) is 0.267. The summed E-state index contributed by atoms with van der Waals surface area (Å²) in [5.41, 5.74) is 13.7. The molecule has 46 heavy (non-hydrogen) atoms. The lowest BCUT2D eigenvalue weighted by Gasteiger charge is -2.44. The smallest absolute Gasteiger partial charge is 0.0582 e. The summed E-state index contributed by atoms with van der Waals surface area (Å²) in [6.07, 6.45) is 34.7. The van der Waals surface area contributed by atoms with Crippen LogP contribution in [0.1, 0.15) is 61.6 Å². The van der Waals surface area contributed by atoms with Crippen molar-refractivity contribution in [3.05, 3.63) is 179 Å². The Morgan fingerprint density at radius 3 is 2.30 bits per heavy atom. The van der Waals surface area contributed by atoms with Gasteiger partial charge in [0.05, 0.1) is 12.1 Å². The van der Waals surface area contributed by atoms with Crippen molar-refractivity contribution < 1.29 is 0 Å². The molecule has 228 valence electrons. The first-order chi connectivity index (χ1) is 22.8. The number of benzene rings is 3. The van der Waals surface area contributed by atoms with Crippen LogP contribution >= 0.6 is 0 Å². The highest BCUT2D eigenvalue weighted by atomic mass is 15.2. The summed E-state index contributed by atoms with van der Waals surface area (Å²) in [7, 11) is 0. The number of rotatable bonds is 7. The minimum absolute atomic E-state index is 0.397. The van der Waals surface area contributed by atoms with Crippen molar-refractivity contribution >= 4 is 22.6 Å². The van der Waals surface area contributed by atoms with Crippen LogP contribution in [0.15, 0.2) is 163 Å². The molecule has 0 radical (unpaired) electrons. The Bertz CT molecular complexity index is 1840. The van der Waals surface area contributed by atoms with Gasteiger partial charge in [-0.1, -0.05) is 115 Å². The minimum atomic E-state index is 0.397. The van der Waals surface area contributed by atoms with Gasteiger partial charge in [-0.2, -0.15) is 0 Å². The fourth-order valence-electron chi connectivity index (χ4n) is 7.94. The van der Waals surface area contributed by atoms with E-state index >= 15 is 0 Å². The van der Waals surface area contributed by atoms with Crippen LogP contribution < -0.4 is 4.90 Å². The maximum atomic E-state index is 2.75. The summed E-state index contributed by atoms with van der Waals surface area (Å²) >= 11 is 0. The van der Waals surface area contributed by atoms with E-state index in [1.165, 1.54) is 56.2 Å². The SMILES string of the molecule is C1=CCC(N(C2=CC=C(c3ccc(N(C4=CCCc5ccccc54)c4ccccc4)cc3)CC2)C2CC=CC3=C2C=CCC3)C=C1. The Hall–Kier alpha value is -4.82. The van der Waals surface area contributed by atoms with Crippen LogP contribution in [0.3, 0.4) is 0 Å². The molecular weight excluding hydrogens is 556 g/mol. The van der Waals surface area contributed by atoms with Crippen LogP contribution in [-0.4, -0.2) is 17.0 Å². The van der Waals surface area contributed by atoms with Crippen LogP contribution in [0.25, 0.3) is 11.3 Å². The third-order valence-corrected chi connectivity index (χ3v) is 10.2. The lowest BCUT2D eigenvalue weighted by atomic mass is 9.84. The molecule has 2 nitrogen and oxygen atoms in total. The van der Waals surface area contributed by atoms with Crippen LogP contribution in [0.4, 0.5) is 11.4 Å². The molecule has 5 aliphatic rings. The zero-order chi connectivity index (χ0) is 30.7. The zero-order valence-electron chi connectivity index (χ0n) is 26.6. The molecule has 8 rings (SSSR count). The number of para-hydroxylation sites is 1. The van der Waals surface area contributed by atoms with Crippen molar-refractivity contribution in [2.45, 2.75) is 63.5 Å². The van der Waals surface area contributed by atoms with Crippen molar-refractivity contribution in [1.82, 2.24) is 4.90 Å². The van der Waals surface area contributed by atoms with Gasteiger partial charge >= 0.3 is 0 Å². The first kappa shape index (κ1) is 28.6. The van der Waals surface area contributed by atoms with Gasteiger partial charge in [-0.25, -0.2) is 0 Å². The second-order valence-corrected chi connectivity index (χ2v) is 13.0. The number of hydrogen-bond donors (Lipinski definition) is 0. The van der Waals surface area contributed by atoms with Gasteiger partial charge in [0, 0.05) is 28.3 Å². The van der Waals surface area contributed by atoms with E-state index in [9.17, 15) is 0 Å². The van der Waals surface area contributed by atoms with E-state index in [-0.39, 0.29) is 0 Å². The van der Waals surface area contributed by atoms with E-state index in [2.05, 4.69) is 155 Å². The summed E-state index contributed by atoms with van der Waals surface area (Å²) in [4.78, 5) is 5.18. The molecule has 0 aromatic heterocycles. The van der Waals surface area contributed by atoms with Crippen molar-refractivity contribution in [3.8, 4) is 0 Å². The molecule has 2 atom stereocenters. The third-order valence-electron chi connectivity index (χ3n) is 10.2. The maximum absolute atomic E-state index is 2.75. The molecule has 3 aromatic rings. The number of aryl methyl sites for hydroxylation is 1. The van der Waals surface area contributed by atoms with Crippen molar-refractivity contribution in [2.24, 2.45) is 0 Å². The summed E-state index contributed by atoms with van der Waals surface area (Å²) in [5.74, 6) is 0. The molecular formula is C44H42N2. The van der Waals surface area contributed by atoms with Gasteiger partial charge in [0.1, 0.15) is 0 Å². The molecule has 0 fully saturated rings. The highest BCUT2D eigenvalue weighted by Crippen LogP contribution is 2.41. The summed E-state index contributed by atoms with van der Waals surface area (Å²) in [6, 6.07) is 29.8. The molecule has 0 saturated carbocycles. The normalized spacial score (nSPS) is 21.6. The molecule has 0 heterocycles. The average Bonchev–Trinajstić information content (AvgIpc) is 3.14. The van der Waals surface area contributed by atoms with Gasteiger partial charge in [0.2, 0.25) is 0 Å². The molecule has 0 N–H and O–H groups in total. The molecule has 2 unspecified atom stereocenters. The van der Waals surface area contributed by atoms with E-state index in [1.54, 1.807) is 0 Å². The fourth-order valence-corrected chi connectivity index (χ4v) is 7.94. The lowest BCUT2D eigenvalue weighted by molar-refractivity contribution is 0.229. The maximum Gasteiger partial charge on any atom is 0.0582 e. The van der Waals surface area contributed by atoms with Crippen LogP contribution in [0, 0.1) is 0 Å². The minimum Gasteiger partial charge on any atom is -0.361 e. The van der Waals surface area contributed by atoms with E-state index in [0.717, 1.165) is 51.4 Å². The standard InChI is InChI=1S/C44H42N2/c1-3-17-37(18-4-1)45(43-23-11-15-35-13-7-9-21-41(35)43)39-29-25-33(26-30-39)34-27-31-40(32-28-34)46(38-19-5-2-6-20-38)44-24-12-16-36-14-8-10-22-42(36)44/h1-7,9-10,12-13,16-19,21-23,25-27,29-31,38,44H,8,11,14-15,20,24,28,32H2. The monoisotopic (exact) mass is 598 g/mol. The third kappa shape index (κ3) is 5.58. The topological polar surface area (TPSA) is 6.48 Å². The second-order valence-electron chi connectivity index (χ2n) is 13.0. The second kappa shape index (κ2) is 12.9. The Labute approximate surface area is 274 Å². The van der Waals surface area contributed by atoms with Gasteiger partial charge in [-0.05, 0) is 110 Å². The zero-order valence-corrected chi connectivity index (χ0v) is 26.6. The van der Waals surface area contributed by atoms with Crippen LogP contribution in [0.5, 0.6) is 0 Å². The summed E-state index contributed by atoms with van der Waals surface area (Å²) in [5, 5.41) is 0. The Kier molecular flexibility index (Phi) is 8.02. The Morgan fingerprint density at radius 2 is 1.48 bits per heavy atom. The number of anilines is 2. The van der Waals surface area contributed by atoms with Gasteiger partial charge in [0.25, 0.3) is 0 Å². The highest BCUT2D eigenvalue weighted by molar-refractivity contribution is 5.89. The number of hydrogen-bond acceptors (Lipinski definition) is 2. The molecule has 2 heteroatoms. The number of fused-ring (bicyclic) bond motifs is 1. The van der Waals surface area contributed by atoms with Crippen LogP contribution in [-0.2, 0) is 6.42 Å². The summed E-state index contributed by atoms with van der Waals surface area (Å²) in [6.45, 7) is 0. The highest BCUT2D eigenvalue weighted by Gasteiger charge is 2.32. The van der Waals surface area contributed by atoms with Crippen LogP contribution in [0.2, 0.25) is 0 Å². The van der Waals surface area contributed by atoms with Gasteiger partial charge in [-0.15, -0.1) is 0 Å². The summed E-state index contributed by atoms with van der Waals surface area (Å²) < 4.78 is 0. The lowest BCUT2D eigenvalue weighted by Crippen LogP contribution is -2.44. The van der Waals surface area contributed by atoms with Gasteiger partial charge < -0.3 is 9.80 Å². The molecule has 0 saturated heterocycles. The molecule has 0 bridgehead atoms. The average molecular weight is 599 g/mol. The van der Waals surface area contributed by atoms with Crippen molar-refractivity contribution in [1.29, 1.82) is 0 Å². The predicted molar refractivity (Wildman–Crippen MR) is 195 cm³/mol.